The fraction of sp³-hybridized carbons (Fsp3) is 0.571. The zero-order valence-corrected chi connectivity index (χ0v) is 9.39. The standard InChI is InChI=1S/C7H9ClF2N2O2S/c1-2-15(13,14)5-3-11-12(7(5)8)4-6(9)10/h3,6H,2,4H2,1H3. The van der Waals surface area contributed by atoms with E-state index in [1.54, 1.807) is 0 Å². The summed E-state index contributed by atoms with van der Waals surface area (Å²) in [5.74, 6) is -0.146. The van der Waals surface area contributed by atoms with Gasteiger partial charge in [0.15, 0.2) is 9.84 Å². The molecule has 86 valence electrons. The Labute approximate surface area is 90.8 Å². The van der Waals surface area contributed by atoms with E-state index >= 15 is 0 Å². The third-order valence-electron chi connectivity index (χ3n) is 1.77. The van der Waals surface area contributed by atoms with Gasteiger partial charge in [0.1, 0.15) is 16.6 Å². The lowest BCUT2D eigenvalue weighted by Gasteiger charge is -2.02. The lowest BCUT2D eigenvalue weighted by Crippen LogP contribution is -2.09. The van der Waals surface area contributed by atoms with Crippen molar-refractivity contribution in [1.82, 2.24) is 9.78 Å². The summed E-state index contributed by atoms with van der Waals surface area (Å²) in [4.78, 5) is -0.202. The Bertz CT molecular complexity index is 444. The number of alkyl halides is 2. The molecule has 0 amide bonds. The lowest BCUT2D eigenvalue weighted by atomic mass is 10.6. The van der Waals surface area contributed by atoms with Gasteiger partial charge in [0.2, 0.25) is 0 Å². The van der Waals surface area contributed by atoms with Gasteiger partial charge < -0.3 is 0 Å². The second-order valence-corrected chi connectivity index (χ2v) is 5.38. The van der Waals surface area contributed by atoms with Gasteiger partial charge in [0.25, 0.3) is 6.43 Å². The van der Waals surface area contributed by atoms with Crippen LogP contribution in [-0.4, -0.2) is 30.4 Å². The summed E-state index contributed by atoms with van der Waals surface area (Å²) in [6, 6.07) is 0. The van der Waals surface area contributed by atoms with Gasteiger partial charge in [-0.05, 0) is 0 Å². The first-order valence-electron chi connectivity index (χ1n) is 4.10. The fourth-order valence-corrected chi connectivity index (χ4v) is 2.37. The highest BCUT2D eigenvalue weighted by Crippen LogP contribution is 2.22. The Kier molecular flexibility index (Phi) is 3.67. The molecule has 0 saturated heterocycles. The Balaban J connectivity index is 3.10. The van der Waals surface area contributed by atoms with E-state index in [0.29, 0.717) is 0 Å². The quantitative estimate of drug-likeness (QED) is 0.824. The third kappa shape index (κ3) is 2.66. The number of aromatic nitrogens is 2. The molecular weight excluding hydrogens is 250 g/mol. The molecule has 0 aliphatic carbocycles. The number of hydrogen-bond acceptors (Lipinski definition) is 3. The normalized spacial score (nSPS) is 12.3. The average Bonchev–Trinajstić information content (AvgIpc) is 2.48. The monoisotopic (exact) mass is 258 g/mol. The van der Waals surface area contributed by atoms with E-state index in [1.807, 2.05) is 0 Å². The van der Waals surface area contributed by atoms with Gasteiger partial charge >= 0.3 is 0 Å². The van der Waals surface area contributed by atoms with E-state index < -0.39 is 22.8 Å². The number of halogens is 3. The Morgan fingerprint density at radius 1 is 1.60 bits per heavy atom. The van der Waals surface area contributed by atoms with Crippen LogP contribution in [0, 0.1) is 0 Å². The molecule has 0 N–H and O–H groups in total. The van der Waals surface area contributed by atoms with E-state index in [9.17, 15) is 17.2 Å². The highest BCUT2D eigenvalue weighted by molar-refractivity contribution is 7.91. The van der Waals surface area contributed by atoms with Crippen molar-refractivity contribution >= 4 is 21.4 Å². The first-order valence-corrected chi connectivity index (χ1v) is 6.13. The molecule has 0 saturated carbocycles. The summed E-state index contributed by atoms with van der Waals surface area (Å²) in [5.41, 5.74) is 0. The van der Waals surface area contributed by atoms with Crippen molar-refractivity contribution < 1.29 is 17.2 Å². The maximum atomic E-state index is 12.0. The molecule has 1 aromatic rings. The van der Waals surface area contributed by atoms with Crippen LogP contribution in [0.3, 0.4) is 0 Å². The number of rotatable bonds is 4. The highest BCUT2D eigenvalue weighted by atomic mass is 35.5. The topological polar surface area (TPSA) is 52.0 Å². The molecular formula is C7H9ClF2N2O2S. The molecule has 0 fully saturated rings. The average molecular weight is 259 g/mol. The molecule has 0 bridgehead atoms. The number of hydrogen-bond donors (Lipinski definition) is 0. The maximum Gasteiger partial charge on any atom is 0.257 e. The molecule has 8 heteroatoms. The van der Waals surface area contributed by atoms with Gasteiger partial charge in [-0.3, -0.25) is 0 Å². The van der Waals surface area contributed by atoms with Crippen LogP contribution in [0.25, 0.3) is 0 Å². The molecule has 15 heavy (non-hydrogen) atoms. The van der Waals surface area contributed by atoms with Crippen LogP contribution in [0.5, 0.6) is 0 Å². The SMILES string of the molecule is CCS(=O)(=O)c1cnn(CC(F)F)c1Cl. The molecule has 0 radical (unpaired) electrons. The van der Waals surface area contributed by atoms with E-state index in [1.165, 1.54) is 6.92 Å². The summed E-state index contributed by atoms with van der Waals surface area (Å²) >= 11 is 5.62. The molecule has 1 heterocycles. The van der Waals surface area contributed by atoms with Gasteiger partial charge in [-0.2, -0.15) is 5.10 Å². The Morgan fingerprint density at radius 2 is 2.20 bits per heavy atom. The highest BCUT2D eigenvalue weighted by Gasteiger charge is 2.21. The van der Waals surface area contributed by atoms with Crippen molar-refractivity contribution in [1.29, 1.82) is 0 Å². The van der Waals surface area contributed by atoms with Gasteiger partial charge in [0, 0.05) is 0 Å². The van der Waals surface area contributed by atoms with Crippen LogP contribution < -0.4 is 0 Å². The van der Waals surface area contributed by atoms with Gasteiger partial charge in [-0.25, -0.2) is 21.9 Å². The van der Waals surface area contributed by atoms with Crippen molar-refractivity contribution in [3.05, 3.63) is 11.3 Å². The van der Waals surface area contributed by atoms with Crippen molar-refractivity contribution in [2.45, 2.75) is 24.8 Å². The third-order valence-corrected chi connectivity index (χ3v) is 4.01. The minimum absolute atomic E-state index is 0.146. The van der Waals surface area contributed by atoms with Crippen LogP contribution in [0.2, 0.25) is 5.15 Å². The molecule has 0 aliphatic heterocycles. The zero-order valence-electron chi connectivity index (χ0n) is 7.82. The number of sulfone groups is 1. The van der Waals surface area contributed by atoms with Crippen LogP contribution in [0.4, 0.5) is 8.78 Å². The second-order valence-electron chi connectivity index (χ2n) is 2.78. The van der Waals surface area contributed by atoms with Crippen molar-refractivity contribution in [3.63, 3.8) is 0 Å². The molecule has 0 atom stereocenters. The van der Waals surface area contributed by atoms with Crippen molar-refractivity contribution in [3.8, 4) is 0 Å². The van der Waals surface area contributed by atoms with Crippen LogP contribution in [0.15, 0.2) is 11.1 Å². The number of nitrogens with zero attached hydrogens (tertiary/aromatic N) is 2. The van der Waals surface area contributed by atoms with Crippen molar-refractivity contribution in [2.24, 2.45) is 0 Å². The molecule has 1 aromatic heterocycles. The molecule has 0 unspecified atom stereocenters. The smallest absolute Gasteiger partial charge is 0.247 e. The lowest BCUT2D eigenvalue weighted by molar-refractivity contribution is 0.122. The summed E-state index contributed by atoms with van der Waals surface area (Å²) in [5, 5.41) is 3.23. The van der Waals surface area contributed by atoms with Gasteiger partial charge in [0.05, 0.1) is 11.9 Å². The predicted molar refractivity (Wildman–Crippen MR) is 51.0 cm³/mol. The second kappa shape index (κ2) is 4.44. The molecule has 4 nitrogen and oxygen atoms in total. The fourth-order valence-electron chi connectivity index (χ4n) is 0.975. The largest absolute Gasteiger partial charge is 0.257 e. The Morgan fingerprint density at radius 3 is 2.67 bits per heavy atom. The first kappa shape index (κ1) is 12.4. The van der Waals surface area contributed by atoms with Crippen LogP contribution >= 0.6 is 11.6 Å². The van der Waals surface area contributed by atoms with E-state index in [0.717, 1.165) is 10.9 Å². The summed E-state index contributed by atoms with van der Waals surface area (Å²) < 4.78 is 47.6. The summed E-state index contributed by atoms with van der Waals surface area (Å²) in [6.45, 7) is 0.730. The van der Waals surface area contributed by atoms with E-state index in [4.69, 9.17) is 11.6 Å². The molecule has 0 aromatic carbocycles. The maximum absolute atomic E-state index is 12.0. The molecule has 0 aliphatic rings. The van der Waals surface area contributed by atoms with Crippen molar-refractivity contribution in [2.75, 3.05) is 5.75 Å². The van der Waals surface area contributed by atoms with Crippen LogP contribution in [0.1, 0.15) is 6.92 Å². The van der Waals surface area contributed by atoms with Crippen LogP contribution in [-0.2, 0) is 16.4 Å². The Hall–Kier alpha value is -0.690. The minimum Gasteiger partial charge on any atom is -0.247 e. The summed E-state index contributed by atoms with van der Waals surface area (Å²) in [6.07, 6.45) is -1.64. The first-order chi connectivity index (χ1) is 6.88. The minimum atomic E-state index is -3.50. The predicted octanol–water partition coefficient (Wildman–Crippen LogP) is 1.60. The molecule has 1 rings (SSSR count). The van der Waals surface area contributed by atoms with Gasteiger partial charge in [-0.1, -0.05) is 18.5 Å². The molecule has 0 spiro atoms. The zero-order chi connectivity index (χ0) is 11.6. The van der Waals surface area contributed by atoms with Gasteiger partial charge in [-0.15, -0.1) is 0 Å². The summed E-state index contributed by atoms with van der Waals surface area (Å²) in [7, 11) is -3.50. The van der Waals surface area contributed by atoms with E-state index in [-0.39, 0.29) is 15.8 Å². The van der Waals surface area contributed by atoms with E-state index in [2.05, 4.69) is 5.10 Å².